The fourth-order valence-corrected chi connectivity index (χ4v) is 1.34. The lowest BCUT2D eigenvalue weighted by Crippen LogP contribution is -2.35. The summed E-state index contributed by atoms with van der Waals surface area (Å²) in [5.41, 5.74) is 6.23. The Bertz CT molecular complexity index is 419. The summed E-state index contributed by atoms with van der Waals surface area (Å²) in [6.07, 6.45) is -0.564. The summed E-state index contributed by atoms with van der Waals surface area (Å²) < 4.78 is 4.77. The molecule has 5 N–H and O–H groups in total. The van der Waals surface area contributed by atoms with Gasteiger partial charge < -0.3 is 25.8 Å². The highest BCUT2D eigenvalue weighted by atomic mass is 16.5. The number of phenols is 2. The zero-order valence-corrected chi connectivity index (χ0v) is 10.0. The van der Waals surface area contributed by atoms with Gasteiger partial charge in [-0.2, -0.15) is 0 Å². The Morgan fingerprint density at radius 3 is 2.61 bits per heavy atom. The lowest BCUT2D eigenvalue weighted by atomic mass is 10.1. The minimum atomic E-state index is -0.882. The third-order valence-electron chi connectivity index (χ3n) is 2.26. The predicted octanol–water partition coefficient (Wildman–Crippen LogP) is -0.108. The van der Waals surface area contributed by atoms with Gasteiger partial charge in [-0.05, 0) is 31.0 Å². The highest BCUT2D eigenvalue weighted by Crippen LogP contribution is 2.25. The second-order valence-electron chi connectivity index (χ2n) is 4.11. The van der Waals surface area contributed by atoms with Crippen molar-refractivity contribution in [3.05, 3.63) is 23.8 Å². The normalized spacial score (nSPS) is 13.9. The number of carbonyl (C=O) groups excluding carboxylic acids is 1. The lowest BCUT2D eigenvalue weighted by Gasteiger charge is -2.13. The third-order valence-corrected chi connectivity index (χ3v) is 2.26. The van der Waals surface area contributed by atoms with E-state index in [0.717, 1.165) is 0 Å². The van der Waals surface area contributed by atoms with Crippen molar-refractivity contribution >= 4 is 5.97 Å². The van der Waals surface area contributed by atoms with Crippen molar-refractivity contribution in [1.82, 2.24) is 0 Å². The van der Waals surface area contributed by atoms with Crippen molar-refractivity contribution in [1.29, 1.82) is 0 Å². The largest absolute Gasteiger partial charge is 0.504 e. The summed E-state index contributed by atoms with van der Waals surface area (Å²) >= 11 is 0. The molecule has 0 aliphatic carbocycles. The Morgan fingerprint density at radius 1 is 1.39 bits per heavy atom. The molecule has 1 rings (SSSR count). The van der Waals surface area contributed by atoms with E-state index in [0.29, 0.717) is 5.56 Å². The second-order valence-corrected chi connectivity index (χ2v) is 4.11. The van der Waals surface area contributed by atoms with Gasteiger partial charge in [0.1, 0.15) is 12.6 Å². The van der Waals surface area contributed by atoms with Gasteiger partial charge >= 0.3 is 5.97 Å². The van der Waals surface area contributed by atoms with Gasteiger partial charge in [0, 0.05) is 0 Å². The molecule has 0 radical (unpaired) electrons. The van der Waals surface area contributed by atoms with Crippen LogP contribution in [0.15, 0.2) is 18.2 Å². The van der Waals surface area contributed by atoms with Gasteiger partial charge in [0.2, 0.25) is 0 Å². The number of hydrogen-bond acceptors (Lipinski definition) is 6. The molecule has 0 spiro atoms. The van der Waals surface area contributed by atoms with Crippen LogP contribution in [0.2, 0.25) is 0 Å². The van der Waals surface area contributed by atoms with Crippen molar-refractivity contribution in [2.75, 3.05) is 6.61 Å². The Morgan fingerprint density at radius 2 is 2.06 bits per heavy atom. The maximum absolute atomic E-state index is 11.4. The van der Waals surface area contributed by atoms with E-state index in [-0.39, 0.29) is 24.5 Å². The number of carbonyl (C=O) groups is 1. The van der Waals surface area contributed by atoms with Crippen molar-refractivity contribution in [2.24, 2.45) is 5.73 Å². The van der Waals surface area contributed by atoms with E-state index < -0.39 is 18.1 Å². The van der Waals surface area contributed by atoms with E-state index in [1.54, 1.807) is 6.07 Å². The zero-order valence-electron chi connectivity index (χ0n) is 10.0. The molecular weight excluding hydrogens is 238 g/mol. The number of aliphatic hydroxyl groups excluding tert-OH is 1. The van der Waals surface area contributed by atoms with Crippen LogP contribution in [-0.2, 0) is 16.0 Å². The molecule has 0 aliphatic heterocycles. The quantitative estimate of drug-likeness (QED) is 0.431. The summed E-state index contributed by atoms with van der Waals surface area (Å²) in [6.45, 7) is 1.39. The SMILES string of the molecule is CC(O)COC(=O)C(N)Cc1ccc(O)c(O)c1. The van der Waals surface area contributed by atoms with E-state index in [9.17, 15) is 9.90 Å². The van der Waals surface area contributed by atoms with Gasteiger partial charge in [0.05, 0.1) is 6.10 Å². The van der Waals surface area contributed by atoms with Crippen LogP contribution in [0.25, 0.3) is 0 Å². The second kappa shape index (κ2) is 6.23. The number of nitrogens with two attached hydrogens (primary N) is 1. The van der Waals surface area contributed by atoms with Gasteiger partial charge in [-0.1, -0.05) is 6.07 Å². The first-order valence-corrected chi connectivity index (χ1v) is 5.51. The number of rotatable bonds is 5. The summed E-state index contributed by atoms with van der Waals surface area (Å²) in [7, 11) is 0. The van der Waals surface area contributed by atoms with Crippen LogP contribution in [-0.4, -0.2) is 40.0 Å². The number of phenolic OH excluding ortho intramolecular Hbond substituents is 2. The number of ether oxygens (including phenoxy) is 1. The van der Waals surface area contributed by atoms with Crippen molar-refractivity contribution in [2.45, 2.75) is 25.5 Å². The zero-order chi connectivity index (χ0) is 13.7. The summed E-state index contributed by atoms with van der Waals surface area (Å²) in [5.74, 6) is -1.12. The standard InChI is InChI=1S/C12H17NO5/c1-7(14)6-18-12(17)9(13)4-8-2-3-10(15)11(16)5-8/h2-3,5,7,9,14-16H,4,6,13H2,1H3. The van der Waals surface area contributed by atoms with Gasteiger partial charge in [-0.25, -0.2) is 0 Å². The summed E-state index contributed by atoms with van der Waals surface area (Å²) in [6, 6.07) is 3.32. The number of aliphatic hydroxyl groups is 1. The lowest BCUT2D eigenvalue weighted by molar-refractivity contribution is -0.147. The van der Waals surface area contributed by atoms with Crippen LogP contribution in [0.4, 0.5) is 0 Å². The van der Waals surface area contributed by atoms with E-state index >= 15 is 0 Å². The monoisotopic (exact) mass is 255 g/mol. The molecule has 2 unspecified atom stereocenters. The highest BCUT2D eigenvalue weighted by molar-refractivity contribution is 5.76. The van der Waals surface area contributed by atoms with Crippen LogP contribution in [0, 0.1) is 0 Å². The van der Waals surface area contributed by atoms with Crippen LogP contribution < -0.4 is 5.73 Å². The van der Waals surface area contributed by atoms with Crippen LogP contribution in [0.5, 0.6) is 11.5 Å². The summed E-state index contributed by atoms with van der Waals surface area (Å²) in [4.78, 5) is 11.4. The first-order chi connectivity index (χ1) is 8.40. The molecule has 0 aromatic heterocycles. The Hall–Kier alpha value is -1.79. The molecule has 18 heavy (non-hydrogen) atoms. The molecule has 6 nitrogen and oxygen atoms in total. The number of esters is 1. The molecule has 1 aromatic carbocycles. The minimum Gasteiger partial charge on any atom is -0.504 e. The smallest absolute Gasteiger partial charge is 0.323 e. The highest BCUT2D eigenvalue weighted by Gasteiger charge is 2.17. The third kappa shape index (κ3) is 4.23. The first kappa shape index (κ1) is 14.3. The van der Waals surface area contributed by atoms with E-state index in [1.807, 2.05) is 0 Å². The average Bonchev–Trinajstić information content (AvgIpc) is 2.30. The molecule has 0 saturated heterocycles. The minimum absolute atomic E-state index is 0.104. The van der Waals surface area contributed by atoms with Gasteiger partial charge in [-0.15, -0.1) is 0 Å². The molecule has 0 heterocycles. The molecule has 0 bridgehead atoms. The van der Waals surface area contributed by atoms with Crippen LogP contribution >= 0.6 is 0 Å². The average molecular weight is 255 g/mol. The summed E-state index contributed by atoms with van der Waals surface area (Å²) in [5, 5.41) is 27.4. The fourth-order valence-electron chi connectivity index (χ4n) is 1.34. The molecule has 0 saturated carbocycles. The molecule has 0 amide bonds. The van der Waals surface area contributed by atoms with E-state index in [1.165, 1.54) is 19.1 Å². The molecule has 100 valence electrons. The topological polar surface area (TPSA) is 113 Å². The number of aromatic hydroxyl groups is 2. The van der Waals surface area contributed by atoms with E-state index in [2.05, 4.69) is 0 Å². The van der Waals surface area contributed by atoms with Gasteiger partial charge in [0.15, 0.2) is 11.5 Å². The number of benzene rings is 1. The molecule has 0 fully saturated rings. The van der Waals surface area contributed by atoms with Crippen molar-refractivity contribution in [3.63, 3.8) is 0 Å². The van der Waals surface area contributed by atoms with Gasteiger partial charge in [0.25, 0.3) is 0 Å². The van der Waals surface area contributed by atoms with Crippen LogP contribution in [0.1, 0.15) is 12.5 Å². The molecule has 1 aromatic rings. The molecule has 6 heteroatoms. The van der Waals surface area contributed by atoms with Gasteiger partial charge in [-0.3, -0.25) is 4.79 Å². The first-order valence-electron chi connectivity index (χ1n) is 5.51. The maximum atomic E-state index is 11.4. The van der Waals surface area contributed by atoms with Crippen molar-refractivity contribution in [3.8, 4) is 11.5 Å². The number of hydrogen-bond donors (Lipinski definition) is 4. The Balaban J connectivity index is 2.55. The fraction of sp³-hybridized carbons (Fsp3) is 0.417. The molecule has 2 atom stereocenters. The predicted molar refractivity (Wildman–Crippen MR) is 64.1 cm³/mol. The molecular formula is C12H17NO5. The Labute approximate surface area is 105 Å². The molecule has 0 aliphatic rings. The van der Waals surface area contributed by atoms with E-state index in [4.69, 9.17) is 20.7 Å². The Kier molecular flexibility index (Phi) is 4.94. The van der Waals surface area contributed by atoms with Crippen molar-refractivity contribution < 1.29 is 24.9 Å². The maximum Gasteiger partial charge on any atom is 0.323 e. The van der Waals surface area contributed by atoms with Crippen LogP contribution in [0.3, 0.4) is 0 Å².